The van der Waals surface area contributed by atoms with Gasteiger partial charge in [-0.25, -0.2) is 4.99 Å². The van der Waals surface area contributed by atoms with Gasteiger partial charge in [0, 0.05) is 27.2 Å². The molecule has 7 nitrogen and oxygen atoms in total. The summed E-state index contributed by atoms with van der Waals surface area (Å²) < 4.78 is 11.1. The van der Waals surface area contributed by atoms with Gasteiger partial charge in [0.25, 0.3) is 0 Å². The van der Waals surface area contributed by atoms with Crippen LogP contribution in [0.15, 0.2) is 23.2 Å². The average Bonchev–Trinajstić information content (AvgIpc) is 2.67. The van der Waals surface area contributed by atoms with Gasteiger partial charge in [-0.15, -0.1) is 24.0 Å². The molecule has 1 aliphatic heterocycles. The number of hydrogen-bond donors (Lipinski definition) is 2. The van der Waals surface area contributed by atoms with Crippen molar-refractivity contribution in [3.63, 3.8) is 0 Å². The molecule has 0 bridgehead atoms. The Morgan fingerprint density at radius 2 is 2.07 bits per heavy atom. The van der Waals surface area contributed by atoms with Gasteiger partial charge in [-0.05, 0) is 49.4 Å². The largest absolute Gasteiger partial charge is 0.497 e. The number of aliphatic imine (C=N–C) groups is 1. The molecule has 28 heavy (non-hydrogen) atoms. The average molecular weight is 504 g/mol. The fourth-order valence-corrected chi connectivity index (χ4v) is 2.87. The lowest BCUT2D eigenvalue weighted by Crippen LogP contribution is -2.45. The third-order valence-electron chi connectivity index (χ3n) is 4.44. The van der Waals surface area contributed by atoms with E-state index in [-0.39, 0.29) is 42.5 Å². The van der Waals surface area contributed by atoms with E-state index in [4.69, 9.17) is 9.47 Å². The highest BCUT2D eigenvalue weighted by atomic mass is 127. The molecule has 0 radical (unpaired) electrons. The predicted octanol–water partition coefficient (Wildman–Crippen LogP) is 2.31. The number of aryl methyl sites for hydroxylation is 1. The monoisotopic (exact) mass is 504 g/mol. The lowest BCUT2D eigenvalue weighted by molar-refractivity contribution is -0.127. The van der Waals surface area contributed by atoms with E-state index in [0.29, 0.717) is 19.0 Å². The number of nitrogens with one attached hydrogen (secondary N) is 2. The number of halogens is 1. The Balaban J connectivity index is 0.00000392. The van der Waals surface area contributed by atoms with Crippen LogP contribution < -0.4 is 15.4 Å². The summed E-state index contributed by atoms with van der Waals surface area (Å²) in [5, 5.41) is 6.42. The number of hydrogen-bond acceptors (Lipinski definition) is 4. The van der Waals surface area contributed by atoms with Gasteiger partial charge in [0.15, 0.2) is 5.96 Å². The molecule has 2 N–H and O–H groups in total. The third-order valence-corrected chi connectivity index (χ3v) is 4.44. The molecular weight excluding hydrogens is 471 g/mol. The van der Waals surface area contributed by atoms with E-state index in [9.17, 15) is 4.79 Å². The van der Waals surface area contributed by atoms with Crippen molar-refractivity contribution in [2.75, 3.05) is 40.9 Å². The maximum absolute atomic E-state index is 11.9. The number of amides is 1. The first-order valence-corrected chi connectivity index (χ1v) is 9.46. The maximum atomic E-state index is 11.9. The molecule has 1 fully saturated rings. The molecule has 0 aromatic heterocycles. The van der Waals surface area contributed by atoms with Gasteiger partial charge in [-0.3, -0.25) is 4.79 Å². The van der Waals surface area contributed by atoms with Crippen molar-refractivity contribution in [1.29, 1.82) is 0 Å². The summed E-state index contributed by atoms with van der Waals surface area (Å²) in [6.45, 7) is 4.22. The number of nitrogens with zero attached hydrogens (tertiary/aromatic N) is 2. The fourth-order valence-electron chi connectivity index (χ4n) is 2.87. The molecule has 1 amide bonds. The summed E-state index contributed by atoms with van der Waals surface area (Å²) in [4.78, 5) is 18.1. The number of rotatable bonds is 7. The zero-order chi connectivity index (χ0) is 19.6. The second-order valence-corrected chi connectivity index (χ2v) is 7.03. The molecular formula is C20H33IN4O3. The van der Waals surface area contributed by atoms with Crippen LogP contribution in [0, 0.1) is 6.92 Å². The quantitative estimate of drug-likeness (QED) is 0.339. The topological polar surface area (TPSA) is 75.2 Å². The van der Waals surface area contributed by atoms with Crippen LogP contribution in [0.3, 0.4) is 0 Å². The number of benzene rings is 1. The summed E-state index contributed by atoms with van der Waals surface area (Å²) in [6.07, 6.45) is 3.55. The zero-order valence-electron chi connectivity index (χ0n) is 17.3. The first kappa shape index (κ1) is 24.5. The summed E-state index contributed by atoms with van der Waals surface area (Å²) >= 11 is 0. The molecule has 1 atom stereocenters. The third kappa shape index (κ3) is 8.64. The Morgan fingerprint density at radius 1 is 1.29 bits per heavy atom. The van der Waals surface area contributed by atoms with Crippen molar-refractivity contribution in [3.05, 3.63) is 29.3 Å². The Hall–Kier alpha value is -1.55. The molecule has 1 saturated heterocycles. The van der Waals surface area contributed by atoms with E-state index in [1.165, 1.54) is 6.42 Å². The van der Waals surface area contributed by atoms with Crippen LogP contribution in [0.5, 0.6) is 5.75 Å². The van der Waals surface area contributed by atoms with Crippen LogP contribution in [-0.2, 0) is 16.1 Å². The highest BCUT2D eigenvalue weighted by Gasteiger charge is 2.14. The van der Waals surface area contributed by atoms with Crippen LogP contribution in [0.2, 0.25) is 0 Å². The molecule has 1 aliphatic rings. The predicted molar refractivity (Wildman–Crippen MR) is 123 cm³/mol. The summed E-state index contributed by atoms with van der Waals surface area (Å²) in [5.74, 6) is 1.43. The normalized spacial score (nSPS) is 16.7. The number of guanidine groups is 1. The Morgan fingerprint density at radius 3 is 2.71 bits per heavy atom. The lowest BCUT2D eigenvalue weighted by atomic mass is 10.1. The van der Waals surface area contributed by atoms with Crippen molar-refractivity contribution in [2.45, 2.75) is 38.8 Å². The zero-order valence-corrected chi connectivity index (χ0v) is 19.6. The van der Waals surface area contributed by atoms with Crippen molar-refractivity contribution >= 4 is 35.8 Å². The van der Waals surface area contributed by atoms with Crippen molar-refractivity contribution in [2.24, 2.45) is 4.99 Å². The molecule has 1 unspecified atom stereocenters. The van der Waals surface area contributed by atoms with Gasteiger partial charge in [0.1, 0.15) is 5.75 Å². The minimum absolute atomic E-state index is 0. The Bertz CT molecular complexity index is 646. The first-order chi connectivity index (χ1) is 13.0. The summed E-state index contributed by atoms with van der Waals surface area (Å²) in [6, 6.07) is 6.04. The second kappa shape index (κ2) is 12.8. The van der Waals surface area contributed by atoms with Gasteiger partial charge in [-0.1, -0.05) is 6.07 Å². The van der Waals surface area contributed by atoms with Gasteiger partial charge in [0.05, 0.1) is 26.3 Å². The number of carbonyl (C=O) groups is 1. The SMILES string of the molecule is COc1cc(C)cc(CN=C(NCC(=O)N(C)C)NCC2CCCCO2)c1.I. The number of methoxy groups -OCH3 is 1. The molecule has 158 valence electrons. The molecule has 0 spiro atoms. The van der Waals surface area contributed by atoms with Crippen molar-refractivity contribution < 1.29 is 14.3 Å². The van der Waals surface area contributed by atoms with Crippen LogP contribution in [-0.4, -0.2) is 63.8 Å². The molecule has 8 heteroatoms. The first-order valence-electron chi connectivity index (χ1n) is 9.46. The molecule has 0 aliphatic carbocycles. The molecule has 1 aromatic rings. The van der Waals surface area contributed by atoms with Crippen LogP contribution in [0.1, 0.15) is 30.4 Å². The van der Waals surface area contributed by atoms with Gasteiger partial charge in [0.2, 0.25) is 5.91 Å². The number of likely N-dealkylation sites (N-methyl/N-ethyl adjacent to an activating group) is 1. The molecule has 0 saturated carbocycles. The van der Waals surface area contributed by atoms with E-state index in [2.05, 4.69) is 21.7 Å². The van der Waals surface area contributed by atoms with E-state index in [0.717, 1.165) is 36.3 Å². The Labute approximate surface area is 185 Å². The molecule has 2 rings (SSSR count). The highest BCUT2D eigenvalue weighted by molar-refractivity contribution is 14.0. The molecule has 1 heterocycles. The maximum Gasteiger partial charge on any atom is 0.241 e. The van der Waals surface area contributed by atoms with E-state index < -0.39 is 0 Å². The number of carbonyl (C=O) groups excluding carboxylic acids is 1. The van der Waals surface area contributed by atoms with E-state index >= 15 is 0 Å². The summed E-state index contributed by atoms with van der Waals surface area (Å²) in [7, 11) is 5.14. The lowest BCUT2D eigenvalue weighted by Gasteiger charge is -2.24. The number of ether oxygens (including phenoxy) is 2. The standard InChI is InChI=1S/C20H32N4O3.HI/c1-15-9-16(11-18(10-15)26-4)12-21-20(23-14-19(25)24(2)3)22-13-17-7-5-6-8-27-17;/h9-11,17H,5-8,12-14H2,1-4H3,(H2,21,22,23);1H. The Kier molecular flexibility index (Phi) is 11.2. The highest BCUT2D eigenvalue weighted by Crippen LogP contribution is 2.17. The van der Waals surface area contributed by atoms with Crippen molar-refractivity contribution in [1.82, 2.24) is 15.5 Å². The minimum atomic E-state index is -0.00404. The van der Waals surface area contributed by atoms with Crippen LogP contribution in [0.25, 0.3) is 0 Å². The van der Waals surface area contributed by atoms with Gasteiger partial charge < -0.3 is 25.0 Å². The van der Waals surface area contributed by atoms with E-state index in [1.54, 1.807) is 26.1 Å². The van der Waals surface area contributed by atoms with Crippen molar-refractivity contribution in [3.8, 4) is 5.75 Å². The van der Waals surface area contributed by atoms with Crippen LogP contribution in [0.4, 0.5) is 0 Å². The smallest absolute Gasteiger partial charge is 0.241 e. The fraction of sp³-hybridized carbons (Fsp3) is 0.600. The second-order valence-electron chi connectivity index (χ2n) is 7.03. The summed E-state index contributed by atoms with van der Waals surface area (Å²) in [5.41, 5.74) is 2.18. The minimum Gasteiger partial charge on any atom is -0.497 e. The van der Waals surface area contributed by atoms with Gasteiger partial charge in [-0.2, -0.15) is 0 Å². The van der Waals surface area contributed by atoms with E-state index in [1.807, 2.05) is 19.1 Å². The van der Waals surface area contributed by atoms with Gasteiger partial charge >= 0.3 is 0 Å². The van der Waals surface area contributed by atoms with Crippen LogP contribution >= 0.6 is 24.0 Å². The molecule has 1 aromatic carbocycles.